The summed E-state index contributed by atoms with van der Waals surface area (Å²) in [5.74, 6) is 0. The van der Waals surface area contributed by atoms with E-state index in [9.17, 15) is 0 Å². The zero-order valence-corrected chi connectivity index (χ0v) is 10.4. The van der Waals surface area contributed by atoms with Crippen molar-refractivity contribution < 1.29 is 0 Å². The number of benzene rings is 1. The normalized spacial score (nSPS) is 19.8. The van der Waals surface area contributed by atoms with Gasteiger partial charge in [0, 0.05) is 25.3 Å². The Morgan fingerprint density at radius 2 is 1.94 bits per heavy atom. The number of hydrogen-bond donors (Lipinski definition) is 1. The third-order valence-electron chi connectivity index (χ3n) is 3.44. The van der Waals surface area contributed by atoms with Crippen LogP contribution in [0.4, 0.5) is 5.69 Å². The molecule has 0 atom stereocenters. The maximum atomic E-state index is 5.61. The number of rotatable bonds is 2. The molecule has 1 aromatic carbocycles. The lowest BCUT2D eigenvalue weighted by molar-refractivity contribution is 0.293. The molecule has 0 amide bonds. The zero-order chi connectivity index (χ0) is 11.6. The summed E-state index contributed by atoms with van der Waals surface area (Å²) in [6.07, 6.45) is 2.63. The van der Waals surface area contributed by atoms with Crippen molar-refractivity contribution in [3.63, 3.8) is 0 Å². The first-order valence-corrected chi connectivity index (χ1v) is 6.15. The van der Waals surface area contributed by atoms with Crippen molar-refractivity contribution in [2.45, 2.75) is 33.2 Å². The van der Waals surface area contributed by atoms with Crippen molar-refractivity contribution >= 4 is 5.69 Å². The summed E-state index contributed by atoms with van der Waals surface area (Å²) in [5.41, 5.74) is 8.60. The van der Waals surface area contributed by atoms with Gasteiger partial charge in [0.1, 0.15) is 0 Å². The van der Waals surface area contributed by atoms with Gasteiger partial charge in [-0.25, -0.2) is 0 Å². The van der Waals surface area contributed by atoms with Gasteiger partial charge in [0.15, 0.2) is 0 Å². The molecule has 1 heterocycles. The molecule has 0 radical (unpaired) electrons. The largest absolute Gasteiger partial charge is 0.371 e. The molecule has 1 saturated heterocycles. The first kappa shape index (κ1) is 11.5. The van der Waals surface area contributed by atoms with Gasteiger partial charge in [0.25, 0.3) is 0 Å². The van der Waals surface area contributed by atoms with Gasteiger partial charge in [-0.2, -0.15) is 0 Å². The summed E-state index contributed by atoms with van der Waals surface area (Å²) in [5, 5.41) is 0. The highest BCUT2D eigenvalue weighted by atomic mass is 15.1. The molecule has 0 aliphatic carbocycles. The van der Waals surface area contributed by atoms with Crippen molar-refractivity contribution in [1.82, 2.24) is 0 Å². The molecule has 0 saturated carbocycles. The van der Waals surface area contributed by atoms with Crippen LogP contribution in [-0.4, -0.2) is 13.1 Å². The minimum atomic E-state index is 0.449. The van der Waals surface area contributed by atoms with E-state index in [4.69, 9.17) is 5.73 Å². The van der Waals surface area contributed by atoms with Crippen molar-refractivity contribution in [2.75, 3.05) is 18.0 Å². The lowest BCUT2D eigenvalue weighted by atomic mass is 9.84. The summed E-state index contributed by atoms with van der Waals surface area (Å²) in [6, 6.07) is 8.67. The van der Waals surface area contributed by atoms with Crippen LogP contribution in [0.5, 0.6) is 0 Å². The van der Waals surface area contributed by atoms with Crippen LogP contribution in [0.15, 0.2) is 24.3 Å². The molecule has 2 rings (SSSR count). The SMILES string of the molecule is CC1(C)CCCN(c2ccc(CN)cc2)C1. The number of piperidine rings is 1. The second-order valence-corrected chi connectivity index (χ2v) is 5.56. The Morgan fingerprint density at radius 1 is 1.25 bits per heavy atom. The number of nitrogens with two attached hydrogens (primary N) is 1. The standard InChI is InChI=1S/C14H22N2/c1-14(2)8-3-9-16(11-14)13-6-4-12(10-15)5-7-13/h4-7H,3,8-11,15H2,1-2H3. The van der Waals surface area contributed by atoms with Crippen molar-refractivity contribution in [3.8, 4) is 0 Å². The van der Waals surface area contributed by atoms with Crippen LogP contribution in [0.3, 0.4) is 0 Å². The topological polar surface area (TPSA) is 29.3 Å². The Kier molecular flexibility index (Phi) is 3.20. The van der Waals surface area contributed by atoms with Crippen LogP contribution < -0.4 is 10.6 Å². The quantitative estimate of drug-likeness (QED) is 0.827. The average molecular weight is 218 g/mol. The molecule has 16 heavy (non-hydrogen) atoms. The molecule has 88 valence electrons. The van der Waals surface area contributed by atoms with Gasteiger partial charge >= 0.3 is 0 Å². The third-order valence-corrected chi connectivity index (χ3v) is 3.44. The molecule has 0 aromatic heterocycles. The summed E-state index contributed by atoms with van der Waals surface area (Å²) in [4.78, 5) is 2.49. The number of anilines is 1. The van der Waals surface area contributed by atoms with Gasteiger partial charge in [-0.05, 0) is 36.0 Å². The van der Waals surface area contributed by atoms with E-state index in [0.717, 1.165) is 6.54 Å². The number of nitrogens with zero attached hydrogens (tertiary/aromatic N) is 1. The molecule has 1 fully saturated rings. The van der Waals surface area contributed by atoms with Crippen LogP contribution in [-0.2, 0) is 6.54 Å². The molecule has 2 N–H and O–H groups in total. The van der Waals surface area contributed by atoms with E-state index in [-0.39, 0.29) is 0 Å². The predicted octanol–water partition coefficient (Wildman–Crippen LogP) is 2.77. The summed E-state index contributed by atoms with van der Waals surface area (Å²) in [7, 11) is 0. The maximum Gasteiger partial charge on any atom is 0.0366 e. The van der Waals surface area contributed by atoms with E-state index in [1.807, 2.05) is 0 Å². The lowest BCUT2D eigenvalue weighted by Gasteiger charge is -2.39. The Labute approximate surface area is 98.4 Å². The van der Waals surface area contributed by atoms with Crippen LogP contribution in [0.1, 0.15) is 32.3 Å². The Bertz CT molecular complexity index is 340. The maximum absolute atomic E-state index is 5.61. The Morgan fingerprint density at radius 3 is 2.50 bits per heavy atom. The second-order valence-electron chi connectivity index (χ2n) is 5.56. The Hall–Kier alpha value is -1.02. The Balaban J connectivity index is 2.11. The molecule has 0 bridgehead atoms. The number of hydrogen-bond acceptors (Lipinski definition) is 2. The average Bonchev–Trinajstić information content (AvgIpc) is 2.28. The highest BCUT2D eigenvalue weighted by Gasteiger charge is 2.26. The van der Waals surface area contributed by atoms with Gasteiger partial charge in [-0.1, -0.05) is 26.0 Å². The fraction of sp³-hybridized carbons (Fsp3) is 0.571. The summed E-state index contributed by atoms with van der Waals surface area (Å²) >= 11 is 0. The minimum Gasteiger partial charge on any atom is -0.371 e. The fourth-order valence-corrected chi connectivity index (χ4v) is 2.49. The van der Waals surface area contributed by atoms with Crippen LogP contribution in [0, 0.1) is 5.41 Å². The molecule has 2 heteroatoms. The van der Waals surface area contributed by atoms with E-state index in [0.29, 0.717) is 12.0 Å². The lowest BCUT2D eigenvalue weighted by Crippen LogP contribution is -2.40. The van der Waals surface area contributed by atoms with E-state index in [1.54, 1.807) is 0 Å². The molecule has 1 aromatic rings. The summed E-state index contributed by atoms with van der Waals surface area (Å²) in [6.45, 7) is 7.69. The third kappa shape index (κ3) is 2.56. The minimum absolute atomic E-state index is 0.449. The molecule has 0 unspecified atom stereocenters. The monoisotopic (exact) mass is 218 g/mol. The molecular weight excluding hydrogens is 196 g/mol. The molecule has 0 spiro atoms. The first-order valence-electron chi connectivity index (χ1n) is 6.15. The first-order chi connectivity index (χ1) is 7.61. The molecule has 1 aliphatic heterocycles. The fourth-order valence-electron chi connectivity index (χ4n) is 2.49. The predicted molar refractivity (Wildman–Crippen MR) is 69.6 cm³/mol. The highest BCUT2D eigenvalue weighted by molar-refractivity contribution is 5.48. The van der Waals surface area contributed by atoms with Gasteiger partial charge in [0.2, 0.25) is 0 Å². The van der Waals surface area contributed by atoms with Crippen molar-refractivity contribution in [2.24, 2.45) is 11.1 Å². The smallest absolute Gasteiger partial charge is 0.0366 e. The van der Waals surface area contributed by atoms with Gasteiger partial charge in [-0.15, -0.1) is 0 Å². The second kappa shape index (κ2) is 4.46. The van der Waals surface area contributed by atoms with E-state index in [2.05, 4.69) is 43.0 Å². The van der Waals surface area contributed by atoms with E-state index < -0.39 is 0 Å². The van der Waals surface area contributed by atoms with Crippen LogP contribution in [0.2, 0.25) is 0 Å². The molecule has 2 nitrogen and oxygen atoms in total. The van der Waals surface area contributed by atoms with Gasteiger partial charge in [0.05, 0.1) is 0 Å². The van der Waals surface area contributed by atoms with Crippen molar-refractivity contribution in [3.05, 3.63) is 29.8 Å². The van der Waals surface area contributed by atoms with Crippen molar-refractivity contribution in [1.29, 1.82) is 0 Å². The van der Waals surface area contributed by atoms with Gasteiger partial charge in [-0.3, -0.25) is 0 Å². The van der Waals surface area contributed by atoms with E-state index >= 15 is 0 Å². The van der Waals surface area contributed by atoms with Crippen LogP contribution in [0.25, 0.3) is 0 Å². The zero-order valence-electron chi connectivity index (χ0n) is 10.4. The van der Waals surface area contributed by atoms with Gasteiger partial charge < -0.3 is 10.6 Å². The molecule has 1 aliphatic rings. The van der Waals surface area contributed by atoms with E-state index in [1.165, 1.54) is 30.6 Å². The molecular formula is C14H22N2. The highest BCUT2D eigenvalue weighted by Crippen LogP contribution is 2.31. The summed E-state index contributed by atoms with van der Waals surface area (Å²) < 4.78 is 0. The van der Waals surface area contributed by atoms with Crippen LogP contribution >= 0.6 is 0 Å².